The standard InChI is InChI=1S/C33H35N3O7S/c1-5-42-28-16-12-27(13-17-28)36(44(38,39)30-18-19-31(40-3)32(20-30)41-4)22-33(37)35-34-21-25-10-14-29(15-11-25)43-23-26-8-6-24(2)7-9-26/h6-21H,5,22-23H2,1-4H3,(H,35,37)/b34-21-. The third-order valence-electron chi connectivity index (χ3n) is 6.47. The topological polar surface area (TPSA) is 116 Å². The van der Waals surface area contributed by atoms with Crippen LogP contribution in [0.4, 0.5) is 5.69 Å². The van der Waals surface area contributed by atoms with Gasteiger partial charge in [-0.1, -0.05) is 29.8 Å². The molecule has 0 bridgehead atoms. The molecule has 10 nitrogen and oxygen atoms in total. The molecular weight excluding hydrogens is 582 g/mol. The maximum absolute atomic E-state index is 13.8. The molecule has 1 N–H and O–H groups in total. The quantitative estimate of drug-likeness (QED) is 0.150. The van der Waals surface area contributed by atoms with Crippen LogP contribution in [0.3, 0.4) is 0 Å². The minimum Gasteiger partial charge on any atom is -0.494 e. The molecule has 11 heteroatoms. The predicted molar refractivity (Wildman–Crippen MR) is 169 cm³/mol. The number of benzene rings is 4. The average molecular weight is 618 g/mol. The monoisotopic (exact) mass is 617 g/mol. The molecule has 0 fully saturated rings. The van der Waals surface area contributed by atoms with E-state index in [1.54, 1.807) is 48.5 Å². The van der Waals surface area contributed by atoms with Gasteiger partial charge in [0, 0.05) is 6.07 Å². The third-order valence-corrected chi connectivity index (χ3v) is 8.24. The molecule has 0 aliphatic rings. The Bertz CT molecular complexity index is 1670. The highest BCUT2D eigenvalue weighted by Crippen LogP contribution is 2.32. The Kier molecular flexibility index (Phi) is 10.8. The Morgan fingerprint density at radius 1 is 0.841 bits per heavy atom. The molecular formula is C33H35N3O7S. The molecule has 4 aromatic carbocycles. The summed E-state index contributed by atoms with van der Waals surface area (Å²) in [5, 5.41) is 4.02. The molecule has 0 heterocycles. The lowest BCUT2D eigenvalue weighted by Crippen LogP contribution is -2.39. The molecule has 0 saturated carbocycles. The van der Waals surface area contributed by atoms with Crippen molar-refractivity contribution in [1.29, 1.82) is 0 Å². The summed E-state index contributed by atoms with van der Waals surface area (Å²) in [7, 11) is -1.34. The number of amides is 1. The fourth-order valence-electron chi connectivity index (χ4n) is 4.14. The second kappa shape index (κ2) is 14.9. The Hall–Kier alpha value is -5.03. The van der Waals surface area contributed by atoms with Crippen molar-refractivity contribution < 1.29 is 32.2 Å². The number of anilines is 1. The van der Waals surface area contributed by atoms with Crippen LogP contribution in [-0.2, 0) is 21.4 Å². The van der Waals surface area contributed by atoms with E-state index in [4.69, 9.17) is 18.9 Å². The summed E-state index contributed by atoms with van der Waals surface area (Å²) in [6.07, 6.45) is 1.46. The van der Waals surface area contributed by atoms with Crippen molar-refractivity contribution in [3.8, 4) is 23.0 Å². The van der Waals surface area contributed by atoms with E-state index >= 15 is 0 Å². The third kappa shape index (κ3) is 8.29. The average Bonchev–Trinajstić information content (AvgIpc) is 3.04. The van der Waals surface area contributed by atoms with Crippen molar-refractivity contribution in [2.45, 2.75) is 25.3 Å². The summed E-state index contributed by atoms with van der Waals surface area (Å²) >= 11 is 0. The maximum Gasteiger partial charge on any atom is 0.264 e. The fraction of sp³-hybridized carbons (Fsp3) is 0.212. The molecule has 0 aliphatic heterocycles. The molecule has 0 spiro atoms. The Morgan fingerprint density at radius 3 is 2.11 bits per heavy atom. The Balaban J connectivity index is 1.46. The maximum atomic E-state index is 13.8. The number of hydrazone groups is 1. The van der Waals surface area contributed by atoms with Crippen molar-refractivity contribution in [2.75, 3.05) is 31.7 Å². The van der Waals surface area contributed by atoms with E-state index in [9.17, 15) is 13.2 Å². The number of rotatable bonds is 14. The molecule has 1 amide bonds. The molecule has 0 unspecified atom stereocenters. The van der Waals surface area contributed by atoms with E-state index in [2.05, 4.69) is 10.5 Å². The van der Waals surface area contributed by atoms with Gasteiger partial charge in [-0.2, -0.15) is 5.10 Å². The first-order chi connectivity index (χ1) is 21.2. The molecule has 44 heavy (non-hydrogen) atoms. The van der Waals surface area contributed by atoms with Gasteiger partial charge in [-0.15, -0.1) is 0 Å². The number of ether oxygens (including phenoxy) is 4. The summed E-state index contributed by atoms with van der Waals surface area (Å²) in [4.78, 5) is 12.9. The molecule has 0 aliphatic carbocycles. The SMILES string of the molecule is CCOc1ccc(N(CC(=O)N/N=C\c2ccc(OCc3ccc(C)cc3)cc2)S(=O)(=O)c2ccc(OC)c(OC)c2)cc1. The molecule has 4 aromatic rings. The largest absolute Gasteiger partial charge is 0.494 e. The minimum atomic E-state index is -4.21. The van der Waals surface area contributed by atoms with E-state index in [1.807, 2.05) is 38.1 Å². The summed E-state index contributed by atoms with van der Waals surface area (Å²) < 4.78 is 50.4. The molecule has 0 radical (unpaired) electrons. The zero-order valence-electron chi connectivity index (χ0n) is 25.0. The summed E-state index contributed by atoms with van der Waals surface area (Å²) in [5.74, 6) is 1.23. The minimum absolute atomic E-state index is 0.0787. The fourth-order valence-corrected chi connectivity index (χ4v) is 5.58. The van der Waals surface area contributed by atoms with Crippen LogP contribution < -0.4 is 28.7 Å². The van der Waals surface area contributed by atoms with Gasteiger partial charge in [0.1, 0.15) is 24.7 Å². The number of nitrogens with one attached hydrogen (secondary N) is 1. The number of hydrogen-bond donors (Lipinski definition) is 1. The lowest BCUT2D eigenvalue weighted by molar-refractivity contribution is -0.119. The van der Waals surface area contributed by atoms with Crippen LogP contribution in [0, 0.1) is 6.92 Å². The number of methoxy groups -OCH3 is 2. The highest BCUT2D eigenvalue weighted by Gasteiger charge is 2.28. The van der Waals surface area contributed by atoms with Gasteiger partial charge in [0.15, 0.2) is 11.5 Å². The second-order valence-corrected chi connectivity index (χ2v) is 11.5. The summed E-state index contributed by atoms with van der Waals surface area (Å²) in [6, 6.07) is 26.0. The van der Waals surface area contributed by atoms with Crippen molar-refractivity contribution in [2.24, 2.45) is 5.10 Å². The van der Waals surface area contributed by atoms with Crippen LogP contribution in [0.1, 0.15) is 23.6 Å². The second-order valence-electron chi connectivity index (χ2n) is 9.59. The van der Waals surface area contributed by atoms with Gasteiger partial charge in [0.05, 0.1) is 37.6 Å². The van der Waals surface area contributed by atoms with Gasteiger partial charge in [-0.05, 0) is 85.6 Å². The van der Waals surface area contributed by atoms with Crippen LogP contribution in [0.25, 0.3) is 0 Å². The normalized spacial score (nSPS) is 11.2. The van der Waals surface area contributed by atoms with Crippen LogP contribution in [0.2, 0.25) is 0 Å². The van der Waals surface area contributed by atoms with Gasteiger partial charge >= 0.3 is 0 Å². The van der Waals surface area contributed by atoms with Crippen molar-refractivity contribution in [3.05, 3.63) is 108 Å². The Labute approximate surface area is 257 Å². The first-order valence-electron chi connectivity index (χ1n) is 13.8. The number of carbonyl (C=O) groups excluding carboxylic acids is 1. The molecule has 0 atom stereocenters. The number of hydrogen-bond acceptors (Lipinski definition) is 8. The highest BCUT2D eigenvalue weighted by molar-refractivity contribution is 7.92. The lowest BCUT2D eigenvalue weighted by Gasteiger charge is -2.24. The smallest absolute Gasteiger partial charge is 0.264 e. The van der Waals surface area contributed by atoms with Crippen molar-refractivity contribution in [3.63, 3.8) is 0 Å². The van der Waals surface area contributed by atoms with Crippen LogP contribution in [0.15, 0.2) is 101 Å². The number of carbonyl (C=O) groups is 1. The van der Waals surface area contributed by atoms with Crippen molar-refractivity contribution in [1.82, 2.24) is 5.43 Å². The van der Waals surface area contributed by atoms with E-state index in [1.165, 1.54) is 44.2 Å². The van der Waals surface area contributed by atoms with E-state index in [0.29, 0.717) is 36.0 Å². The molecule has 230 valence electrons. The zero-order chi connectivity index (χ0) is 31.5. The first-order valence-corrected chi connectivity index (χ1v) is 15.3. The Morgan fingerprint density at radius 2 is 1.48 bits per heavy atom. The van der Waals surface area contributed by atoms with Gasteiger partial charge in [-0.3, -0.25) is 9.10 Å². The van der Waals surface area contributed by atoms with E-state index in [-0.39, 0.29) is 16.3 Å². The molecule has 0 saturated heterocycles. The number of nitrogens with zero attached hydrogens (tertiary/aromatic N) is 2. The van der Waals surface area contributed by atoms with Crippen LogP contribution >= 0.6 is 0 Å². The van der Waals surface area contributed by atoms with E-state index < -0.39 is 22.5 Å². The number of aryl methyl sites for hydroxylation is 1. The van der Waals surface area contributed by atoms with Gasteiger partial charge in [0.2, 0.25) is 0 Å². The summed E-state index contributed by atoms with van der Waals surface area (Å²) in [6.45, 7) is 4.25. The van der Waals surface area contributed by atoms with Crippen molar-refractivity contribution >= 4 is 27.8 Å². The first kappa shape index (κ1) is 31.9. The summed E-state index contributed by atoms with van der Waals surface area (Å²) in [5.41, 5.74) is 5.66. The predicted octanol–water partition coefficient (Wildman–Crippen LogP) is 5.34. The van der Waals surface area contributed by atoms with Gasteiger partial charge in [-0.25, -0.2) is 13.8 Å². The van der Waals surface area contributed by atoms with Gasteiger partial charge < -0.3 is 18.9 Å². The zero-order valence-corrected chi connectivity index (χ0v) is 25.8. The molecule has 4 rings (SSSR count). The van der Waals surface area contributed by atoms with E-state index in [0.717, 1.165) is 9.87 Å². The van der Waals surface area contributed by atoms with Gasteiger partial charge in [0.25, 0.3) is 15.9 Å². The lowest BCUT2D eigenvalue weighted by atomic mass is 10.2. The highest BCUT2D eigenvalue weighted by atomic mass is 32.2. The number of sulfonamides is 1. The van der Waals surface area contributed by atoms with Crippen LogP contribution in [-0.4, -0.2) is 47.9 Å². The molecule has 0 aromatic heterocycles. The van der Waals surface area contributed by atoms with Crippen LogP contribution in [0.5, 0.6) is 23.0 Å².